The Kier molecular flexibility index (Phi) is 4.94. The molecule has 0 aliphatic carbocycles. The van der Waals surface area contributed by atoms with Crippen molar-refractivity contribution in [3.05, 3.63) is 87.3 Å². The number of rotatable bonds is 4. The molecule has 1 aromatic heterocycles. The number of hydrogen-bond acceptors (Lipinski definition) is 2. The van der Waals surface area contributed by atoms with Gasteiger partial charge in [-0.1, -0.05) is 30.3 Å². The molecule has 1 N–H and O–H groups in total. The number of aromatic nitrogens is 2. The lowest BCUT2D eigenvalue weighted by molar-refractivity contribution is 0.0939. The quantitative estimate of drug-likeness (QED) is 0.636. The number of aryl methyl sites for hydroxylation is 1. The maximum Gasteiger partial charge on any atom is 0.253 e. The molecule has 6 heteroatoms. The summed E-state index contributed by atoms with van der Waals surface area (Å²) in [5.41, 5.74) is 0.930. The van der Waals surface area contributed by atoms with E-state index in [0.717, 1.165) is 3.57 Å². The summed E-state index contributed by atoms with van der Waals surface area (Å²) >= 11 is 2.11. The van der Waals surface area contributed by atoms with Crippen molar-refractivity contribution in [3.8, 4) is 0 Å². The van der Waals surface area contributed by atoms with Crippen molar-refractivity contribution in [2.75, 3.05) is 0 Å². The fraction of sp³-hybridized carbons (Fsp3) is 0.111. The van der Waals surface area contributed by atoms with Crippen molar-refractivity contribution in [1.29, 1.82) is 0 Å². The van der Waals surface area contributed by atoms with Crippen LogP contribution in [0.5, 0.6) is 0 Å². The summed E-state index contributed by atoms with van der Waals surface area (Å²) < 4.78 is 16.9. The molecule has 4 nitrogen and oxygen atoms in total. The van der Waals surface area contributed by atoms with Crippen LogP contribution in [0.4, 0.5) is 4.39 Å². The summed E-state index contributed by atoms with van der Waals surface area (Å²) in [5, 5.41) is 2.91. The van der Waals surface area contributed by atoms with Gasteiger partial charge in [-0.25, -0.2) is 9.37 Å². The minimum absolute atomic E-state index is 0.267. The Balaban J connectivity index is 2.00. The molecule has 0 unspecified atom stereocenters. The maximum absolute atomic E-state index is 14.3. The number of nitrogens with one attached hydrogen (secondary N) is 1. The molecule has 0 aliphatic heterocycles. The molecule has 0 aliphatic rings. The fourth-order valence-electron chi connectivity index (χ4n) is 2.50. The largest absolute Gasteiger partial charge is 0.338 e. The molecule has 3 rings (SSSR count). The topological polar surface area (TPSA) is 46.9 Å². The van der Waals surface area contributed by atoms with Gasteiger partial charge in [0.2, 0.25) is 0 Å². The van der Waals surface area contributed by atoms with E-state index in [-0.39, 0.29) is 11.7 Å². The van der Waals surface area contributed by atoms with E-state index < -0.39 is 6.04 Å². The third-order valence-corrected chi connectivity index (χ3v) is 4.67. The van der Waals surface area contributed by atoms with Crippen LogP contribution in [0, 0.1) is 9.39 Å². The Morgan fingerprint density at radius 1 is 1.21 bits per heavy atom. The van der Waals surface area contributed by atoms with Crippen molar-refractivity contribution in [2.45, 2.75) is 6.04 Å². The molecule has 2 aromatic carbocycles. The van der Waals surface area contributed by atoms with E-state index in [0.29, 0.717) is 17.0 Å². The molecule has 0 fully saturated rings. The molecule has 0 bridgehead atoms. The SMILES string of the molecule is Cn1ccnc1[C@H](NC(=O)c1ccccc1I)c1ccccc1F. The highest BCUT2D eigenvalue weighted by atomic mass is 127. The minimum atomic E-state index is -0.672. The zero-order valence-corrected chi connectivity index (χ0v) is 15.1. The first-order valence-corrected chi connectivity index (χ1v) is 8.43. The Morgan fingerprint density at radius 2 is 1.92 bits per heavy atom. The lowest BCUT2D eigenvalue weighted by Gasteiger charge is -2.20. The molecule has 3 aromatic rings. The monoisotopic (exact) mass is 435 g/mol. The van der Waals surface area contributed by atoms with Crippen LogP contribution in [0.2, 0.25) is 0 Å². The number of hydrogen-bond donors (Lipinski definition) is 1. The van der Waals surface area contributed by atoms with Crippen LogP contribution in [0.15, 0.2) is 60.9 Å². The second-order valence-electron chi connectivity index (χ2n) is 5.30. The predicted molar refractivity (Wildman–Crippen MR) is 98.1 cm³/mol. The van der Waals surface area contributed by atoms with Crippen LogP contribution in [0.1, 0.15) is 27.8 Å². The summed E-state index contributed by atoms with van der Waals surface area (Å²) in [6.07, 6.45) is 3.39. The van der Waals surface area contributed by atoms with E-state index in [1.165, 1.54) is 6.07 Å². The number of amides is 1. The van der Waals surface area contributed by atoms with E-state index in [1.54, 1.807) is 47.3 Å². The second kappa shape index (κ2) is 7.12. The molecule has 1 heterocycles. The third kappa shape index (κ3) is 3.33. The maximum atomic E-state index is 14.3. The van der Waals surface area contributed by atoms with Gasteiger partial charge in [0.15, 0.2) is 0 Å². The van der Waals surface area contributed by atoms with Gasteiger partial charge < -0.3 is 9.88 Å². The van der Waals surface area contributed by atoms with E-state index in [4.69, 9.17) is 0 Å². The number of halogens is 2. The van der Waals surface area contributed by atoms with Crippen molar-refractivity contribution in [3.63, 3.8) is 0 Å². The molecular formula is C18H15FIN3O. The molecule has 0 spiro atoms. The highest BCUT2D eigenvalue weighted by Crippen LogP contribution is 2.24. The molecule has 0 saturated heterocycles. The van der Waals surface area contributed by atoms with E-state index in [9.17, 15) is 9.18 Å². The number of benzene rings is 2. The molecule has 1 amide bonds. The Bertz CT molecular complexity index is 878. The standard InChI is InChI=1S/C18H15FIN3O/c1-23-11-10-21-17(23)16(12-6-2-4-8-14(12)19)22-18(24)13-7-3-5-9-15(13)20/h2-11,16H,1H3,(H,22,24)/t16-/m1/s1. The summed E-state index contributed by atoms with van der Waals surface area (Å²) in [5.74, 6) is -0.0794. The molecule has 0 radical (unpaired) electrons. The predicted octanol–water partition coefficient (Wildman–Crippen LogP) is 3.68. The fourth-order valence-corrected chi connectivity index (χ4v) is 3.13. The summed E-state index contributed by atoms with van der Waals surface area (Å²) in [6, 6.07) is 13.0. The first-order valence-electron chi connectivity index (χ1n) is 7.35. The van der Waals surface area contributed by atoms with Gasteiger partial charge in [0.1, 0.15) is 17.7 Å². The molecule has 0 saturated carbocycles. The second-order valence-corrected chi connectivity index (χ2v) is 6.47. The minimum Gasteiger partial charge on any atom is -0.338 e. The number of nitrogens with zero attached hydrogens (tertiary/aromatic N) is 2. The van der Waals surface area contributed by atoms with Crippen LogP contribution >= 0.6 is 22.6 Å². The van der Waals surface area contributed by atoms with Crippen LogP contribution in [-0.4, -0.2) is 15.5 Å². The van der Waals surface area contributed by atoms with Gasteiger partial charge in [0.05, 0.1) is 5.56 Å². The lowest BCUT2D eigenvalue weighted by atomic mass is 10.0. The average Bonchev–Trinajstić information content (AvgIpc) is 2.99. The molecule has 24 heavy (non-hydrogen) atoms. The first-order chi connectivity index (χ1) is 11.6. The van der Waals surface area contributed by atoms with E-state index in [2.05, 4.69) is 32.9 Å². The van der Waals surface area contributed by atoms with Crippen LogP contribution < -0.4 is 5.32 Å². The van der Waals surface area contributed by atoms with Crippen molar-refractivity contribution >= 4 is 28.5 Å². The summed E-state index contributed by atoms with van der Waals surface area (Å²) in [6.45, 7) is 0. The van der Waals surface area contributed by atoms with Gasteiger partial charge in [-0.15, -0.1) is 0 Å². The lowest BCUT2D eigenvalue weighted by Crippen LogP contribution is -2.32. The van der Waals surface area contributed by atoms with Crippen LogP contribution in [-0.2, 0) is 7.05 Å². The van der Waals surface area contributed by atoms with Crippen molar-refractivity contribution < 1.29 is 9.18 Å². The third-order valence-electron chi connectivity index (χ3n) is 3.73. The number of carbonyl (C=O) groups is 1. The Labute approximate surface area is 152 Å². The van der Waals surface area contributed by atoms with Gasteiger partial charge in [-0.2, -0.15) is 0 Å². The van der Waals surface area contributed by atoms with Crippen molar-refractivity contribution in [1.82, 2.24) is 14.9 Å². The van der Waals surface area contributed by atoms with Crippen LogP contribution in [0.3, 0.4) is 0 Å². The zero-order chi connectivity index (χ0) is 17.1. The number of carbonyl (C=O) groups excluding carboxylic acids is 1. The normalized spacial score (nSPS) is 12.0. The van der Waals surface area contributed by atoms with E-state index >= 15 is 0 Å². The summed E-state index contributed by atoms with van der Waals surface area (Å²) in [7, 11) is 1.81. The van der Waals surface area contributed by atoms with Crippen LogP contribution in [0.25, 0.3) is 0 Å². The Morgan fingerprint density at radius 3 is 2.58 bits per heavy atom. The number of imidazole rings is 1. The van der Waals surface area contributed by atoms with E-state index in [1.807, 2.05) is 19.2 Å². The van der Waals surface area contributed by atoms with Gasteiger partial charge in [-0.3, -0.25) is 4.79 Å². The van der Waals surface area contributed by atoms with Gasteiger partial charge in [-0.05, 0) is 40.8 Å². The highest BCUT2D eigenvalue weighted by Gasteiger charge is 2.24. The molecule has 1 atom stereocenters. The smallest absolute Gasteiger partial charge is 0.253 e. The first kappa shape index (κ1) is 16.6. The summed E-state index contributed by atoms with van der Waals surface area (Å²) in [4.78, 5) is 17.0. The Hall–Kier alpha value is -2.22. The zero-order valence-electron chi connectivity index (χ0n) is 12.9. The molecular weight excluding hydrogens is 420 g/mol. The average molecular weight is 435 g/mol. The highest BCUT2D eigenvalue weighted by molar-refractivity contribution is 14.1. The van der Waals surface area contributed by atoms with Gasteiger partial charge in [0.25, 0.3) is 5.91 Å². The van der Waals surface area contributed by atoms with Crippen molar-refractivity contribution in [2.24, 2.45) is 7.05 Å². The van der Waals surface area contributed by atoms with Gasteiger partial charge in [0, 0.05) is 28.6 Å². The van der Waals surface area contributed by atoms with Gasteiger partial charge >= 0.3 is 0 Å². The molecule has 122 valence electrons.